The van der Waals surface area contributed by atoms with Crippen molar-refractivity contribution in [3.8, 4) is 22.5 Å². The van der Waals surface area contributed by atoms with E-state index in [2.05, 4.69) is 35.5 Å². The van der Waals surface area contributed by atoms with Gasteiger partial charge in [0.2, 0.25) is 0 Å². The number of para-hydroxylation sites is 1. The van der Waals surface area contributed by atoms with Gasteiger partial charge in [0.15, 0.2) is 11.6 Å². The molecule has 4 aromatic heterocycles. The van der Waals surface area contributed by atoms with Gasteiger partial charge in [0.05, 0.1) is 23.8 Å². The molecule has 6 aromatic rings. The van der Waals surface area contributed by atoms with Gasteiger partial charge in [-0.1, -0.05) is 18.2 Å². The normalized spacial score (nSPS) is 10.5. The van der Waals surface area contributed by atoms with Gasteiger partial charge >= 0.3 is 5.97 Å². The molecule has 0 aliphatic heterocycles. The highest BCUT2D eigenvalue weighted by Crippen LogP contribution is 2.29. The highest BCUT2D eigenvalue weighted by molar-refractivity contribution is 6.06. The van der Waals surface area contributed by atoms with Crippen molar-refractivity contribution in [2.24, 2.45) is 0 Å². The van der Waals surface area contributed by atoms with Crippen molar-refractivity contribution in [2.75, 3.05) is 17.7 Å². The van der Waals surface area contributed by atoms with Crippen LogP contribution in [0.3, 0.4) is 0 Å². The molecule has 0 aliphatic rings. The first-order valence-electron chi connectivity index (χ1n) is 17.4. The number of nitrogens with one attached hydrogen (secondary N) is 2. The molecule has 2 N–H and O–H groups in total. The van der Waals surface area contributed by atoms with Gasteiger partial charge in [-0.3, -0.25) is 29.1 Å². The maximum absolute atomic E-state index is 12.9. The van der Waals surface area contributed by atoms with Crippen LogP contribution < -0.4 is 21.8 Å². The van der Waals surface area contributed by atoms with E-state index < -0.39 is 11.5 Å². The molecule has 0 unspecified atom stereocenters. The molecule has 4 heterocycles. The number of ether oxygens (including phenoxy) is 1. The van der Waals surface area contributed by atoms with Gasteiger partial charge in [-0.25, -0.2) is 14.2 Å². The molecule has 0 fully saturated rings. The summed E-state index contributed by atoms with van der Waals surface area (Å²) in [6.45, 7) is 9.16. The number of hydrogen-bond acceptors (Lipinski definition) is 12. The van der Waals surface area contributed by atoms with Crippen LogP contribution in [0, 0.1) is 6.92 Å². The standard InChI is InChI=1S/C21H20N4O4.C20H20N4O2/c1-4-25-20(27)19(23-16-7-5-15(6-8-16)21(28)29-3)17(13(2)26)18(24-25)14-9-11-22-12-10-14;1-4-24-20(26)19(22-16-8-6-5-7-13(16)2)17(14(3)25)18(23-24)15-9-11-21-12-10-15/h5-12,23H,4H2,1-3H3;5-12,22H,4H2,1-3H3. The predicted octanol–water partition coefficient (Wildman–Crippen LogP) is 6.64. The van der Waals surface area contributed by atoms with Gasteiger partial charge in [0.25, 0.3) is 11.1 Å². The molecule has 0 atom stereocenters. The van der Waals surface area contributed by atoms with Gasteiger partial charge in [-0.2, -0.15) is 10.2 Å². The molecule has 0 saturated carbocycles. The third kappa shape index (κ3) is 8.76. The van der Waals surface area contributed by atoms with E-state index in [1.54, 1.807) is 80.2 Å². The summed E-state index contributed by atoms with van der Waals surface area (Å²) in [5.74, 6) is -0.975. The van der Waals surface area contributed by atoms with Crippen molar-refractivity contribution < 1.29 is 19.1 Å². The number of esters is 1. The summed E-state index contributed by atoms with van der Waals surface area (Å²) in [4.78, 5) is 70.4. The molecule has 0 amide bonds. The number of carbonyl (C=O) groups is 3. The van der Waals surface area contributed by atoms with Crippen LogP contribution in [0.5, 0.6) is 0 Å². The Bertz CT molecular complexity index is 2460. The number of Topliss-reactive ketones (excluding diaryl/α,β-unsaturated/α-hetero) is 2. The molecule has 0 aliphatic carbocycles. The summed E-state index contributed by atoms with van der Waals surface area (Å²) in [6, 6.07) is 21.1. The van der Waals surface area contributed by atoms with Crippen LogP contribution >= 0.6 is 0 Å². The minimum Gasteiger partial charge on any atom is -0.465 e. The lowest BCUT2D eigenvalue weighted by Gasteiger charge is -2.17. The van der Waals surface area contributed by atoms with Gasteiger partial charge in [0, 0.05) is 60.4 Å². The Morgan fingerprint density at radius 3 is 1.53 bits per heavy atom. The maximum atomic E-state index is 12.9. The van der Waals surface area contributed by atoms with E-state index >= 15 is 0 Å². The number of pyridine rings is 2. The molecular weight excluding hydrogens is 701 g/mol. The summed E-state index contributed by atoms with van der Waals surface area (Å²) in [5, 5.41) is 15.0. The molecule has 2 aromatic carbocycles. The van der Waals surface area contributed by atoms with Crippen LogP contribution in [-0.2, 0) is 17.8 Å². The summed E-state index contributed by atoms with van der Waals surface area (Å²) in [5.41, 5.74) is 5.10. The number of aryl methyl sites for hydroxylation is 3. The number of aromatic nitrogens is 6. The zero-order chi connectivity index (χ0) is 39.6. The van der Waals surface area contributed by atoms with Gasteiger partial charge in [0.1, 0.15) is 22.8 Å². The first kappa shape index (κ1) is 39.1. The first-order chi connectivity index (χ1) is 26.5. The number of hydrogen-bond donors (Lipinski definition) is 2. The van der Waals surface area contributed by atoms with Gasteiger partial charge < -0.3 is 15.4 Å². The molecule has 6 rings (SSSR count). The average molecular weight is 741 g/mol. The van der Waals surface area contributed by atoms with E-state index in [9.17, 15) is 24.0 Å². The first-order valence-corrected chi connectivity index (χ1v) is 17.4. The van der Waals surface area contributed by atoms with Crippen molar-refractivity contribution in [3.05, 3.63) is 141 Å². The Labute approximate surface area is 316 Å². The zero-order valence-electron chi connectivity index (χ0n) is 31.3. The number of nitrogens with zero attached hydrogens (tertiary/aromatic N) is 6. The molecule has 55 heavy (non-hydrogen) atoms. The lowest BCUT2D eigenvalue weighted by atomic mass is 10.0. The fourth-order valence-electron chi connectivity index (χ4n) is 5.71. The number of ketones is 2. The molecule has 280 valence electrons. The lowest BCUT2D eigenvalue weighted by Crippen LogP contribution is -2.28. The highest BCUT2D eigenvalue weighted by Gasteiger charge is 2.23. The minimum absolute atomic E-state index is 0.131. The second-order valence-corrected chi connectivity index (χ2v) is 12.2. The monoisotopic (exact) mass is 740 g/mol. The quantitative estimate of drug-likeness (QED) is 0.107. The number of rotatable bonds is 11. The van der Waals surface area contributed by atoms with Crippen molar-refractivity contribution >= 4 is 40.3 Å². The number of methoxy groups -OCH3 is 1. The Kier molecular flexibility index (Phi) is 12.5. The minimum atomic E-state index is -0.460. The van der Waals surface area contributed by atoms with Crippen molar-refractivity contribution in [2.45, 2.75) is 47.7 Å². The molecule has 0 spiro atoms. The molecule has 0 saturated heterocycles. The fourth-order valence-corrected chi connectivity index (χ4v) is 5.71. The number of carbonyl (C=O) groups excluding carboxylic acids is 3. The van der Waals surface area contributed by atoms with Crippen molar-refractivity contribution in [1.82, 2.24) is 29.5 Å². The molecule has 14 heteroatoms. The van der Waals surface area contributed by atoms with Crippen LogP contribution in [0.15, 0.2) is 107 Å². The topological polar surface area (TPSA) is 180 Å². The SMILES string of the molecule is CCn1nc(-c2ccncc2)c(C(C)=O)c(Nc2ccc(C(=O)OC)cc2)c1=O.CCn1nc(-c2ccncc2)c(C(C)=O)c(Nc2ccccc2C)c1=O. The summed E-state index contributed by atoms with van der Waals surface area (Å²) < 4.78 is 7.35. The third-order valence-electron chi connectivity index (χ3n) is 8.50. The van der Waals surface area contributed by atoms with E-state index in [1.807, 2.05) is 38.1 Å². The van der Waals surface area contributed by atoms with Gasteiger partial charge in [-0.15, -0.1) is 0 Å². The Balaban J connectivity index is 0.000000212. The molecule has 0 radical (unpaired) electrons. The fraction of sp³-hybridized carbons (Fsp3) is 0.195. The Morgan fingerprint density at radius 1 is 0.655 bits per heavy atom. The highest BCUT2D eigenvalue weighted by atomic mass is 16.5. The molecule has 14 nitrogen and oxygen atoms in total. The van der Waals surface area contributed by atoms with E-state index in [4.69, 9.17) is 0 Å². The van der Waals surface area contributed by atoms with Gasteiger partial charge in [-0.05, 0) is 94.8 Å². The van der Waals surface area contributed by atoms with E-state index in [1.165, 1.54) is 30.3 Å². The van der Waals surface area contributed by atoms with Crippen molar-refractivity contribution in [1.29, 1.82) is 0 Å². The second-order valence-electron chi connectivity index (χ2n) is 12.2. The van der Waals surface area contributed by atoms with Crippen LogP contribution in [0.4, 0.5) is 22.7 Å². The maximum Gasteiger partial charge on any atom is 0.337 e. The van der Waals surface area contributed by atoms with Crippen LogP contribution in [0.1, 0.15) is 64.3 Å². The lowest BCUT2D eigenvalue weighted by molar-refractivity contribution is 0.0600. The van der Waals surface area contributed by atoms with Crippen LogP contribution in [-0.4, -0.2) is 54.2 Å². The third-order valence-corrected chi connectivity index (χ3v) is 8.50. The summed E-state index contributed by atoms with van der Waals surface area (Å²) >= 11 is 0. The smallest absolute Gasteiger partial charge is 0.337 e. The largest absolute Gasteiger partial charge is 0.465 e. The Hall–Kier alpha value is -7.09. The average Bonchev–Trinajstić information content (AvgIpc) is 3.20. The molecule has 0 bridgehead atoms. The van der Waals surface area contributed by atoms with Crippen molar-refractivity contribution in [3.63, 3.8) is 0 Å². The summed E-state index contributed by atoms with van der Waals surface area (Å²) in [7, 11) is 1.30. The number of anilines is 4. The second kappa shape index (κ2) is 17.6. The predicted molar refractivity (Wildman–Crippen MR) is 210 cm³/mol. The Morgan fingerprint density at radius 2 is 1.11 bits per heavy atom. The zero-order valence-corrected chi connectivity index (χ0v) is 31.3. The van der Waals surface area contributed by atoms with E-state index in [-0.39, 0.29) is 39.6 Å². The number of benzene rings is 2. The van der Waals surface area contributed by atoms with E-state index in [0.29, 0.717) is 41.3 Å². The summed E-state index contributed by atoms with van der Waals surface area (Å²) in [6.07, 6.45) is 6.47. The van der Waals surface area contributed by atoms with Crippen LogP contribution in [0.2, 0.25) is 0 Å². The van der Waals surface area contributed by atoms with E-state index in [0.717, 1.165) is 16.8 Å². The van der Waals surface area contributed by atoms with Crippen LogP contribution in [0.25, 0.3) is 22.5 Å². The molecular formula is C41H40N8O6.